The minimum absolute atomic E-state index is 0.0800. The number of piperazine rings is 1. The highest BCUT2D eigenvalue weighted by atomic mass is 19.1. The van der Waals surface area contributed by atoms with Crippen molar-refractivity contribution in [1.29, 1.82) is 0 Å². The minimum atomic E-state index is -0.527. The number of hydrogen-bond donors (Lipinski definition) is 0. The summed E-state index contributed by atoms with van der Waals surface area (Å²) < 4.78 is 26.8. The molecule has 0 aliphatic carbocycles. The number of likely N-dealkylation sites (N-methyl/N-ethyl adjacent to an activating group) is 1. The number of carbonyl (C=O) groups excluding carboxylic acids is 1. The Hall–Kier alpha value is -3.66. The van der Waals surface area contributed by atoms with Gasteiger partial charge in [0.1, 0.15) is 23.8 Å². The molecule has 0 N–H and O–H groups in total. The van der Waals surface area contributed by atoms with Gasteiger partial charge in [0, 0.05) is 47.7 Å². The average Bonchev–Trinajstić information content (AvgIpc) is 3.53. The molecule has 3 atom stereocenters. The summed E-state index contributed by atoms with van der Waals surface area (Å²) in [6.45, 7) is 10.2. The van der Waals surface area contributed by atoms with Crippen LogP contribution in [0, 0.1) is 5.82 Å². The second kappa shape index (κ2) is 11.4. The lowest BCUT2D eigenvalue weighted by molar-refractivity contribution is 0.0122. The zero-order chi connectivity index (χ0) is 30.6. The summed E-state index contributed by atoms with van der Waals surface area (Å²) in [5, 5.41) is 1.53. The molecule has 1 aromatic heterocycles. The number of amides is 1. The van der Waals surface area contributed by atoms with Gasteiger partial charge in [0.25, 0.3) is 0 Å². The number of hydrogen-bond acceptors (Lipinski definition) is 8. The molecule has 0 radical (unpaired) electrons. The van der Waals surface area contributed by atoms with Crippen molar-refractivity contribution in [2.24, 2.45) is 0 Å². The summed E-state index contributed by atoms with van der Waals surface area (Å²) in [4.78, 5) is 32.1. The van der Waals surface area contributed by atoms with E-state index < -0.39 is 5.60 Å². The summed E-state index contributed by atoms with van der Waals surface area (Å²) in [5.41, 5.74) is 2.57. The van der Waals surface area contributed by atoms with Crippen LogP contribution in [0.2, 0.25) is 0 Å². The largest absolute Gasteiger partial charge is 0.462 e. The van der Waals surface area contributed by atoms with Crippen LogP contribution in [-0.4, -0.2) is 89.4 Å². The Kier molecular flexibility index (Phi) is 7.51. The van der Waals surface area contributed by atoms with E-state index in [2.05, 4.69) is 27.8 Å². The molecular weight excluding hydrogens is 559 g/mol. The molecule has 44 heavy (non-hydrogen) atoms. The van der Waals surface area contributed by atoms with E-state index in [9.17, 15) is 9.18 Å². The lowest BCUT2D eigenvalue weighted by Gasteiger charge is -2.43. The van der Waals surface area contributed by atoms with Gasteiger partial charge in [-0.15, -0.1) is 0 Å². The van der Waals surface area contributed by atoms with Crippen molar-refractivity contribution in [3.63, 3.8) is 0 Å². The lowest BCUT2D eigenvalue weighted by atomic mass is 10.0. The monoisotopic (exact) mass is 602 g/mol. The highest BCUT2D eigenvalue weighted by Crippen LogP contribution is 2.38. The number of halogens is 1. The van der Waals surface area contributed by atoms with Gasteiger partial charge in [-0.1, -0.05) is 24.3 Å². The molecule has 4 aliphatic rings. The van der Waals surface area contributed by atoms with Crippen LogP contribution in [0.5, 0.6) is 6.01 Å². The van der Waals surface area contributed by atoms with Gasteiger partial charge in [0.2, 0.25) is 0 Å². The fraction of sp³-hybridized carbons (Fsp3) is 0.559. The Morgan fingerprint density at radius 2 is 1.73 bits per heavy atom. The van der Waals surface area contributed by atoms with Gasteiger partial charge >= 0.3 is 12.1 Å². The zero-order valence-electron chi connectivity index (χ0n) is 26.3. The zero-order valence-corrected chi connectivity index (χ0v) is 26.3. The highest BCUT2D eigenvalue weighted by Gasteiger charge is 2.45. The van der Waals surface area contributed by atoms with Crippen molar-refractivity contribution >= 4 is 28.4 Å². The van der Waals surface area contributed by atoms with Crippen molar-refractivity contribution in [1.82, 2.24) is 19.8 Å². The van der Waals surface area contributed by atoms with Crippen LogP contribution >= 0.6 is 0 Å². The first kappa shape index (κ1) is 29.1. The first-order valence-electron chi connectivity index (χ1n) is 16.1. The summed E-state index contributed by atoms with van der Waals surface area (Å²) in [6, 6.07) is 12.0. The molecule has 3 saturated heterocycles. The number of fused-ring (bicyclic) bond motifs is 4. The molecule has 5 heterocycles. The topological polar surface area (TPSA) is 74.3 Å². The van der Waals surface area contributed by atoms with Crippen molar-refractivity contribution in [2.75, 3.05) is 49.6 Å². The molecule has 0 saturated carbocycles. The average molecular weight is 603 g/mol. The molecular formula is C34H43FN6O3. The minimum Gasteiger partial charge on any atom is -0.462 e. The van der Waals surface area contributed by atoms with Crippen LogP contribution in [0.3, 0.4) is 0 Å². The molecule has 1 amide bonds. The van der Waals surface area contributed by atoms with Crippen molar-refractivity contribution in [3.05, 3.63) is 53.5 Å². The maximum atomic E-state index is 14.7. The van der Waals surface area contributed by atoms with Crippen LogP contribution in [0.25, 0.3) is 10.8 Å². The van der Waals surface area contributed by atoms with Gasteiger partial charge in [-0.3, -0.25) is 4.90 Å². The van der Waals surface area contributed by atoms with E-state index in [4.69, 9.17) is 19.4 Å². The molecule has 3 fully saturated rings. The van der Waals surface area contributed by atoms with Crippen LogP contribution in [0.4, 0.5) is 20.7 Å². The molecule has 2 aromatic carbocycles. The predicted molar refractivity (Wildman–Crippen MR) is 169 cm³/mol. The normalized spacial score (nSPS) is 23.8. The number of carbonyl (C=O) groups is 1. The van der Waals surface area contributed by atoms with E-state index >= 15 is 0 Å². The van der Waals surface area contributed by atoms with E-state index in [1.807, 2.05) is 43.9 Å². The molecule has 9 nitrogen and oxygen atoms in total. The maximum absolute atomic E-state index is 14.7. The van der Waals surface area contributed by atoms with Gasteiger partial charge < -0.3 is 24.2 Å². The first-order valence-corrected chi connectivity index (χ1v) is 16.1. The molecule has 234 valence electrons. The van der Waals surface area contributed by atoms with Crippen molar-refractivity contribution in [3.8, 4) is 6.01 Å². The Morgan fingerprint density at radius 1 is 0.977 bits per heavy atom. The maximum Gasteiger partial charge on any atom is 0.410 e. The fourth-order valence-electron chi connectivity index (χ4n) is 7.50. The molecule has 2 bridgehead atoms. The van der Waals surface area contributed by atoms with Gasteiger partial charge in [-0.25, -0.2) is 9.18 Å². The predicted octanol–water partition coefficient (Wildman–Crippen LogP) is 5.39. The van der Waals surface area contributed by atoms with Crippen molar-refractivity contribution < 1.29 is 18.7 Å². The number of anilines is 2. The highest BCUT2D eigenvalue weighted by molar-refractivity contribution is 5.94. The number of ether oxygens (including phenoxy) is 2. The Labute approximate surface area is 258 Å². The third kappa shape index (κ3) is 5.53. The lowest BCUT2D eigenvalue weighted by Crippen LogP contribution is -2.57. The summed E-state index contributed by atoms with van der Waals surface area (Å²) in [7, 11) is 2.14. The smallest absolute Gasteiger partial charge is 0.410 e. The van der Waals surface area contributed by atoms with E-state index in [0.717, 1.165) is 66.9 Å². The van der Waals surface area contributed by atoms with Gasteiger partial charge in [-0.05, 0) is 78.6 Å². The number of likely N-dealkylation sites (tertiary alicyclic amines) is 1. The van der Waals surface area contributed by atoms with Gasteiger partial charge in [-0.2, -0.15) is 9.97 Å². The fourth-order valence-corrected chi connectivity index (χ4v) is 7.50. The number of aromatic nitrogens is 2. The Morgan fingerprint density at radius 3 is 2.45 bits per heavy atom. The quantitative estimate of drug-likeness (QED) is 0.385. The third-order valence-electron chi connectivity index (χ3n) is 9.67. The third-order valence-corrected chi connectivity index (χ3v) is 9.67. The van der Waals surface area contributed by atoms with E-state index in [0.29, 0.717) is 43.7 Å². The van der Waals surface area contributed by atoms with Crippen LogP contribution in [0.1, 0.15) is 57.7 Å². The molecule has 3 aromatic rings. The number of benzene rings is 2. The van der Waals surface area contributed by atoms with Crippen LogP contribution < -0.4 is 14.5 Å². The van der Waals surface area contributed by atoms with E-state index in [-0.39, 0.29) is 24.0 Å². The molecule has 7 rings (SSSR count). The molecule has 4 aliphatic heterocycles. The van der Waals surface area contributed by atoms with Crippen LogP contribution in [0.15, 0.2) is 36.4 Å². The first-order chi connectivity index (χ1) is 21.1. The number of rotatable bonds is 5. The standard InChI is InChI=1S/C34H43FN6O3/c1-34(2,3)44-33(42)41-22-13-14-23(41)19-40(18-22)31-27-15-17-39(30-12-6-9-25-26(30)10-5-11-28(25)35)20-29(27)36-32(37-31)43-21-24-8-7-16-38(24)4/h5-6,9-12,22-24H,7-8,13-21H2,1-4H3/t22-,23+,24-/m0/s1. The van der Waals surface area contributed by atoms with Crippen LogP contribution in [-0.2, 0) is 17.7 Å². The molecule has 0 spiro atoms. The van der Waals surface area contributed by atoms with Gasteiger partial charge in [0.05, 0.1) is 24.3 Å². The van der Waals surface area contributed by atoms with Gasteiger partial charge in [0.15, 0.2) is 0 Å². The van der Waals surface area contributed by atoms with E-state index in [1.165, 1.54) is 12.5 Å². The Bertz CT molecular complexity index is 1550. The van der Waals surface area contributed by atoms with E-state index in [1.54, 1.807) is 6.07 Å². The second-order valence-corrected chi connectivity index (χ2v) is 13.8. The Balaban J connectivity index is 1.19. The van der Waals surface area contributed by atoms with Crippen molar-refractivity contribution in [2.45, 2.75) is 83.1 Å². The summed E-state index contributed by atoms with van der Waals surface area (Å²) in [6.07, 6.45) is 4.74. The summed E-state index contributed by atoms with van der Waals surface area (Å²) in [5.74, 6) is 0.716. The number of nitrogens with zero attached hydrogens (tertiary/aromatic N) is 6. The molecule has 10 heteroatoms. The SMILES string of the molecule is CN1CCC[C@H]1COc1nc2c(c(N3C[C@H]4CC[C@@H](C3)N4C(=O)OC(C)(C)C)n1)CCN(c1cccc3c(F)cccc13)C2. The summed E-state index contributed by atoms with van der Waals surface area (Å²) >= 11 is 0. The second-order valence-electron chi connectivity index (χ2n) is 13.8. The molecule has 0 unspecified atom stereocenters.